The molecular formula is C19H19NO4. The van der Waals surface area contributed by atoms with E-state index in [1.165, 1.54) is 32.2 Å². The molecule has 2 aromatic rings. The van der Waals surface area contributed by atoms with Crippen LogP contribution in [0.4, 0.5) is 0 Å². The number of hydrogen-bond donors (Lipinski definition) is 1. The van der Waals surface area contributed by atoms with Crippen molar-refractivity contribution in [3.8, 4) is 0 Å². The molecule has 0 heterocycles. The van der Waals surface area contributed by atoms with Gasteiger partial charge in [-0.1, -0.05) is 30.3 Å². The molecule has 0 aliphatic rings. The zero-order valence-electron chi connectivity index (χ0n) is 13.8. The van der Waals surface area contributed by atoms with Gasteiger partial charge in [0.2, 0.25) is 0 Å². The molecule has 5 heteroatoms. The fraction of sp³-hybridized carbons (Fsp3) is 0.211. The molecule has 0 radical (unpaired) electrons. The lowest BCUT2D eigenvalue weighted by atomic mass is 10.0. The summed E-state index contributed by atoms with van der Waals surface area (Å²) in [6.07, 6.45) is 0. The summed E-state index contributed by atoms with van der Waals surface area (Å²) in [5.74, 6) is -1.19. The van der Waals surface area contributed by atoms with Crippen LogP contribution in [0, 0.1) is 0 Å². The lowest BCUT2D eigenvalue weighted by Gasteiger charge is -2.15. The molecule has 0 spiro atoms. The third-order valence-corrected chi connectivity index (χ3v) is 3.67. The summed E-state index contributed by atoms with van der Waals surface area (Å²) in [6.45, 7) is 3.24. The van der Waals surface area contributed by atoms with Gasteiger partial charge in [0.05, 0.1) is 18.7 Å². The Bertz CT molecular complexity index is 768. The van der Waals surface area contributed by atoms with E-state index < -0.39 is 5.97 Å². The van der Waals surface area contributed by atoms with E-state index in [0.717, 1.165) is 5.56 Å². The van der Waals surface area contributed by atoms with Crippen LogP contribution in [0.15, 0.2) is 48.5 Å². The summed E-state index contributed by atoms with van der Waals surface area (Å²) < 4.78 is 4.67. The monoisotopic (exact) mass is 325 g/mol. The van der Waals surface area contributed by atoms with Crippen LogP contribution in [0.2, 0.25) is 0 Å². The van der Waals surface area contributed by atoms with Crippen molar-refractivity contribution in [1.82, 2.24) is 5.32 Å². The highest BCUT2D eigenvalue weighted by Crippen LogP contribution is 2.16. The lowest BCUT2D eigenvalue weighted by molar-refractivity contribution is 0.0600. The highest BCUT2D eigenvalue weighted by atomic mass is 16.5. The molecule has 1 unspecified atom stereocenters. The summed E-state index contributed by atoms with van der Waals surface area (Å²) in [6, 6.07) is 13.6. The molecule has 24 heavy (non-hydrogen) atoms. The van der Waals surface area contributed by atoms with Gasteiger partial charge in [-0.3, -0.25) is 9.59 Å². The Hall–Kier alpha value is -2.95. The molecule has 1 amide bonds. The second kappa shape index (κ2) is 7.55. The molecule has 0 saturated heterocycles. The molecule has 2 aromatic carbocycles. The van der Waals surface area contributed by atoms with Crippen molar-refractivity contribution < 1.29 is 19.1 Å². The highest BCUT2D eigenvalue weighted by molar-refractivity contribution is 6.03. The van der Waals surface area contributed by atoms with E-state index in [2.05, 4.69) is 10.1 Å². The topological polar surface area (TPSA) is 72.5 Å². The van der Waals surface area contributed by atoms with Crippen LogP contribution in [0.25, 0.3) is 0 Å². The van der Waals surface area contributed by atoms with Gasteiger partial charge in [-0.25, -0.2) is 4.79 Å². The van der Waals surface area contributed by atoms with Crippen LogP contribution in [0.5, 0.6) is 0 Å². The fourth-order valence-electron chi connectivity index (χ4n) is 2.30. The van der Waals surface area contributed by atoms with Gasteiger partial charge in [0.25, 0.3) is 5.91 Å². The van der Waals surface area contributed by atoms with E-state index in [9.17, 15) is 14.4 Å². The number of esters is 1. The summed E-state index contributed by atoms with van der Waals surface area (Å²) in [5, 5.41) is 2.86. The number of benzene rings is 2. The van der Waals surface area contributed by atoms with Gasteiger partial charge in [0.1, 0.15) is 0 Å². The fourth-order valence-corrected chi connectivity index (χ4v) is 2.30. The third-order valence-electron chi connectivity index (χ3n) is 3.67. The number of carbonyl (C=O) groups excluding carboxylic acids is 3. The smallest absolute Gasteiger partial charge is 0.337 e. The Kier molecular flexibility index (Phi) is 5.47. The Morgan fingerprint density at radius 2 is 1.54 bits per heavy atom. The van der Waals surface area contributed by atoms with E-state index in [1.807, 2.05) is 37.3 Å². The zero-order valence-corrected chi connectivity index (χ0v) is 13.8. The molecule has 0 aromatic heterocycles. The predicted molar refractivity (Wildman–Crippen MR) is 90.1 cm³/mol. The first-order valence-corrected chi connectivity index (χ1v) is 7.52. The van der Waals surface area contributed by atoms with Gasteiger partial charge in [-0.05, 0) is 37.6 Å². The first-order valence-electron chi connectivity index (χ1n) is 7.52. The van der Waals surface area contributed by atoms with Crippen molar-refractivity contribution >= 4 is 17.7 Å². The van der Waals surface area contributed by atoms with Crippen molar-refractivity contribution in [2.75, 3.05) is 7.11 Å². The number of nitrogens with one attached hydrogen (secondary N) is 1. The maximum absolute atomic E-state index is 12.5. The molecule has 5 nitrogen and oxygen atoms in total. The number of amides is 1. The van der Waals surface area contributed by atoms with E-state index in [-0.39, 0.29) is 34.4 Å². The van der Waals surface area contributed by atoms with Crippen LogP contribution >= 0.6 is 0 Å². The zero-order chi connectivity index (χ0) is 17.7. The van der Waals surface area contributed by atoms with E-state index in [1.54, 1.807) is 0 Å². The number of hydrogen-bond acceptors (Lipinski definition) is 4. The minimum Gasteiger partial charge on any atom is -0.465 e. The quantitative estimate of drug-likeness (QED) is 0.677. The maximum Gasteiger partial charge on any atom is 0.337 e. The van der Waals surface area contributed by atoms with Crippen LogP contribution in [0.1, 0.15) is 56.5 Å². The number of rotatable bonds is 5. The molecule has 1 atom stereocenters. The molecule has 0 bridgehead atoms. The molecular weight excluding hydrogens is 306 g/mol. The molecule has 0 fully saturated rings. The SMILES string of the molecule is COC(=O)c1cc(C(C)=O)cc(C(=O)NC(C)c2ccccc2)c1. The Morgan fingerprint density at radius 1 is 0.958 bits per heavy atom. The molecule has 0 saturated carbocycles. The lowest BCUT2D eigenvalue weighted by Crippen LogP contribution is -2.27. The van der Waals surface area contributed by atoms with Crippen molar-refractivity contribution in [2.24, 2.45) is 0 Å². The largest absolute Gasteiger partial charge is 0.465 e. The van der Waals surface area contributed by atoms with E-state index in [4.69, 9.17) is 0 Å². The summed E-state index contributed by atoms with van der Waals surface area (Å²) in [5.41, 5.74) is 1.66. The molecule has 0 aliphatic carbocycles. The van der Waals surface area contributed by atoms with Crippen molar-refractivity contribution in [3.63, 3.8) is 0 Å². The molecule has 0 aliphatic heterocycles. The average Bonchev–Trinajstić information content (AvgIpc) is 2.61. The van der Waals surface area contributed by atoms with Crippen LogP contribution in [-0.4, -0.2) is 24.8 Å². The predicted octanol–water partition coefficient (Wildman–Crippen LogP) is 3.17. The molecule has 2 rings (SSSR count). The summed E-state index contributed by atoms with van der Waals surface area (Å²) >= 11 is 0. The number of Topliss-reactive ketones (excluding diaryl/α,β-unsaturated/α-hetero) is 1. The van der Waals surface area contributed by atoms with Gasteiger partial charge in [0.15, 0.2) is 5.78 Å². The molecule has 1 N–H and O–H groups in total. The Balaban J connectivity index is 2.29. The van der Waals surface area contributed by atoms with Crippen LogP contribution in [0.3, 0.4) is 0 Å². The summed E-state index contributed by atoms with van der Waals surface area (Å²) in [7, 11) is 1.25. The van der Waals surface area contributed by atoms with E-state index >= 15 is 0 Å². The molecule has 124 valence electrons. The second-order valence-electron chi connectivity index (χ2n) is 5.45. The van der Waals surface area contributed by atoms with Crippen LogP contribution in [-0.2, 0) is 4.74 Å². The third kappa shape index (κ3) is 4.07. The van der Waals surface area contributed by atoms with Gasteiger partial charge < -0.3 is 10.1 Å². The summed E-state index contributed by atoms with van der Waals surface area (Å²) in [4.78, 5) is 35.9. The average molecular weight is 325 g/mol. The minimum atomic E-state index is -0.594. The maximum atomic E-state index is 12.5. The number of ether oxygens (including phenoxy) is 1. The van der Waals surface area contributed by atoms with Crippen molar-refractivity contribution in [2.45, 2.75) is 19.9 Å². The first kappa shape index (κ1) is 17.4. The van der Waals surface area contributed by atoms with Gasteiger partial charge >= 0.3 is 5.97 Å². The van der Waals surface area contributed by atoms with Gasteiger partial charge in [-0.15, -0.1) is 0 Å². The van der Waals surface area contributed by atoms with Crippen LogP contribution < -0.4 is 5.32 Å². The number of ketones is 1. The second-order valence-corrected chi connectivity index (χ2v) is 5.45. The van der Waals surface area contributed by atoms with E-state index in [0.29, 0.717) is 0 Å². The first-order chi connectivity index (χ1) is 11.4. The Morgan fingerprint density at radius 3 is 2.12 bits per heavy atom. The van der Waals surface area contributed by atoms with Gasteiger partial charge in [-0.2, -0.15) is 0 Å². The standard InChI is InChI=1S/C19H19NO4/c1-12(14-7-5-4-6-8-14)20-18(22)16-9-15(13(2)21)10-17(11-16)19(23)24-3/h4-12H,1-3H3,(H,20,22). The Labute approximate surface area is 140 Å². The minimum absolute atomic E-state index is 0.169. The van der Waals surface area contributed by atoms with Crippen molar-refractivity contribution in [1.29, 1.82) is 0 Å². The number of carbonyl (C=O) groups is 3. The number of methoxy groups -OCH3 is 1. The van der Waals surface area contributed by atoms with Crippen molar-refractivity contribution in [3.05, 3.63) is 70.8 Å². The van der Waals surface area contributed by atoms with Gasteiger partial charge in [0, 0.05) is 11.1 Å². The normalized spacial score (nSPS) is 11.5. The highest BCUT2D eigenvalue weighted by Gasteiger charge is 2.17.